The second-order valence-electron chi connectivity index (χ2n) is 8.23. The van der Waals surface area contributed by atoms with Crippen molar-refractivity contribution >= 4 is 11.6 Å². The molecule has 1 aliphatic carbocycles. The van der Waals surface area contributed by atoms with Crippen molar-refractivity contribution in [3.8, 4) is 5.75 Å². The summed E-state index contributed by atoms with van der Waals surface area (Å²) < 4.78 is 42.7. The van der Waals surface area contributed by atoms with Crippen LogP contribution in [0.15, 0.2) is 27.5 Å². The summed E-state index contributed by atoms with van der Waals surface area (Å²) >= 11 is 0. The largest absolute Gasteiger partial charge is 0.484 e. The molecule has 6 nitrogen and oxygen atoms in total. The van der Waals surface area contributed by atoms with Gasteiger partial charge in [-0.05, 0) is 24.2 Å². The zero-order chi connectivity index (χ0) is 20.5. The number of hydrogen-bond acceptors (Lipinski definition) is 6. The molecule has 1 unspecified atom stereocenters. The minimum absolute atomic E-state index is 0.0865. The quantitative estimate of drug-likeness (QED) is 0.612. The molecule has 1 atom stereocenters. The number of pyridine rings is 1. The molecule has 0 radical (unpaired) electrons. The van der Waals surface area contributed by atoms with E-state index in [0.29, 0.717) is 11.4 Å². The predicted octanol–water partition coefficient (Wildman–Crippen LogP) is 4.96. The van der Waals surface area contributed by atoms with Gasteiger partial charge < -0.3 is 4.74 Å². The van der Waals surface area contributed by atoms with Crippen LogP contribution in [0, 0.1) is 11.3 Å². The van der Waals surface area contributed by atoms with Gasteiger partial charge in [0.25, 0.3) is 0 Å². The van der Waals surface area contributed by atoms with Crippen molar-refractivity contribution in [1.29, 1.82) is 0 Å². The van der Waals surface area contributed by atoms with Crippen molar-refractivity contribution in [2.45, 2.75) is 52.1 Å². The Morgan fingerprint density at radius 3 is 2.54 bits per heavy atom. The Balaban J connectivity index is 1.81. The van der Waals surface area contributed by atoms with E-state index >= 15 is 0 Å². The number of Topliss-reactive ketones (excluding diaryl/α,β-unsaturated/α-hetero) is 1. The van der Waals surface area contributed by atoms with E-state index in [1.54, 1.807) is 0 Å². The van der Waals surface area contributed by atoms with Gasteiger partial charge in [-0.3, -0.25) is 9.78 Å². The highest BCUT2D eigenvalue weighted by atomic mass is 19.4. The number of amidine groups is 1. The van der Waals surface area contributed by atoms with E-state index in [1.807, 2.05) is 20.8 Å². The van der Waals surface area contributed by atoms with Crippen molar-refractivity contribution < 1.29 is 22.7 Å². The topological polar surface area (TPSA) is 76.3 Å². The van der Waals surface area contributed by atoms with Crippen molar-refractivity contribution in [2.24, 2.45) is 26.6 Å². The highest BCUT2D eigenvalue weighted by Gasteiger charge is 2.35. The molecule has 3 rings (SSSR count). The number of rotatable bonds is 7. The fourth-order valence-electron chi connectivity index (χ4n) is 3.08. The molecule has 2 aliphatic rings. The number of carbonyl (C=O) groups is 1. The smallest absolute Gasteiger partial charge is 0.422 e. The van der Waals surface area contributed by atoms with E-state index in [0.717, 1.165) is 12.8 Å². The van der Waals surface area contributed by atoms with Crippen molar-refractivity contribution in [2.75, 3.05) is 13.3 Å². The minimum atomic E-state index is -4.45. The number of aromatic nitrogens is 1. The van der Waals surface area contributed by atoms with E-state index in [1.165, 1.54) is 12.3 Å². The molecule has 0 amide bonds. The summed E-state index contributed by atoms with van der Waals surface area (Å²) in [6.07, 6.45) is -1.12. The fourth-order valence-corrected chi connectivity index (χ4v) is 3.08. The van der Waals surface area contributed by atoms with Crippen molar-refractivity contribution in [3.05, 3.63) is 23.5 Å². The Morgan fingerprint density at radius 2 is 2.00 bits per heavy atom. The maximum Gasteiger partial charge on any atom is 0.422 e. The molecule has 0 aromatic carbocycles. The Labute approximate surface area is 161 Å². The Morgan fingerprint density at radius 1 is 1.29 bits per heavy atom. The fraction of sp³-hybridized carbons (Fsp3) is 0.632. The number of carbonyl (C=O) groups excluding carboxylic acids is 1. The van der Waals surface area contributed by atoms with E-state index in [4.69, 9.17) is 4.74 Å². The monoisotopic (exact) mass is 396 g/mol. The lowest BCUT2D eigenvalue weighted by atomic mass is 9.76. The molecule has 0 bridgehead atoms. The number of azo groups is 1. The van der Waals surface area contributed by atoms with Crippen LogP contribution < -0.4 is 4.74 Å². The van der Waals surface area contributed by atoms with Crippen LogP contribution in [0.1, 0.15) is 62.0 Å². The van der Waals surface area contributed by atoms with Crippen LogP contribution in [-0.4, -0.2) is 36.1 Å². The Hall–Kier alpha value is -2.32. The first-order chi connectivity index (χ1) is 13.0. The average Bonchev–Trinajstić information content (AvgIpc) is 3.30. The average molecular weight is 396 g/mol. The van der Waals surface area contributed by atoms with Gasteiger partial charge in [-0.15, -0.1) is 5.11 Å². The van der Waals surface area contributed by atoms with Crippen LogP contribution in [0.3, 0.4) is 0 Å². The molecule has 2 heterocycles. The summed E-state index contributed by atoms with van der Waals surface area (Å²) in [5.74, 6) is 0.197. The first-order valence-electron chi connectivity index (χ1n) is 9.19. The Kier molecular flexibility index (Phi) is 5.54. The lowest BCUT2D eigenvalue weighted by Crippen LogP contribution is -2.29. The van der Waals surface area contributed by atoms with Crippen LogP contribution in [0.2, 0.25) is 0 Å². The van der Waals surface area contributed by atoms with Crippen molar-refractivity contribution in [3.63, 3.8) is 0 Å². The number of ether oxygens (including phenoxy) is 1. The Bertz CT molecular complexity index is 808. The van der Waals surface area contributed by atoms with Gasteiger partial charge in [-0.2, -0.15) is 18.3 Å². The van der Waals surface area contributed by atoms with Gasteiger partial charge in [-0.25, -0.2) is 4.99 Å². The van der Waals surface area contributed by atoms with Gasteiger partial charge in [0.05, 0.1) is 0 Å². The van der Waals surface area contributed by atoms with Crippen LogP contribution in [0.5, 0.6) is 5.75 Å². The summed E-state index contributed by atoms with van der Waals surface area (Å²) in [6.45, 7) is 4.78. The van der Waals surface area contributed by atoms with Crippen molar-refractivity contribution in [1.82, 2.24) is 4.98 Å². The molecule has 152 valence electrons. The molecule has 1 aromatic heterocycles. The first kappa shape index (κ1) is 20.4. The lowest BCUT2D eigenvalue weighted by molar-refractivity contribution is -0.153. The molecule has 9 heteroatoms. The van der Waals surface area contributed by atoms with E-state index in [-0.39, 0.29) is 47.6 Å². The normalized spacial score (nSPS) is 18.1. The highest BCUT2D eigenvalue weighted by molar-refractivity contribution is 5.99. The zero-order valence-corrected chi connectivity index (χ0v) is 16.1. The van der Waals surface area contributed by atoms with Gasteiger partial charge in [0.1, 0.15) is 11.4 Å². The molecule has 28 heavy (non-hydrogen) atoms. The molecule has 0 spiro atoms. The third-order valence-corrected chi connectivity index (χ3v) is 4.80. The molecule has 1 aromatic rings. The van der Waals surface area contributed by atoms with E-state index in [2.05, 4.69) is 20.2 Å². The molecule has 1 saturated carbocycles. The number of ketones is 1. The second kappa shape index (κ2) is 7.60. The predicted molar refractivity (Wildman–Crippen MR) is 96.8 cm³/mol. The molecule has 1 aliphatic heterocycles. The van der Waals surface area contributed by atoms with Gasteiger partial charge in [0.15, 0.2) is 24.9 Å². The number of alkyl halides is 3. The first-order valence-corrected chi connectivity index (χ1v) is 9.19. The standard InChI is InChI=1S/C19H23F3N4O2/c1-18(2,3)13(17-24-10-25-26-17)6-15(27)14-7-16(28-9-19(20,21)22)12(8-23-14)11-4-5-11/h7-8,11,13H,4-6,9-10H2,1-3H3. The maximum absolute atomic E-state index is 12.8. The van der Waals surface area contributed by atoms with E-state index < -0.39 is 12.8 Å². The maximum atomic E-state index is 12.8. The van der Waals surface area contributed by atoms with Crippen LogP contribution in [0.4, 0.5) is 13.2 Å². The van der Waals surface area contributed by atoms with Gasteiger partial charge in [-0.1, -0.05) is 20.8 Å². The summed E-state index contributed by atoms with van der Waals surface area (Å²) in [6, 6.07) is 1.33. The van der Waals surface area contributed by atoms with Gasteiger partial charge in [0.2, 0.25) is 0 Å². The number of aliphatic imine (C=N–C) groups is 1. The summed E-state index contributed by atoms with van der Waals surface area (Å²) in [4.78, 5) is 21.3. The van der Waals surface area contributed by atoms with Gasteiger partial charge >= 0.3 is 6.18 Å². The highest BCUT2D eigenvalue weighted by Crippen LogP contribution is 2.44. The molecular formula is C19H23F3N4O2. The third kappa shape index (κ3) is 5.14. The SMILES string of the molecule is CC(C)(C)C(CC(=O)c1cc(OCC(F)(F)F)c(C2CC2)cn1)C1=NCN=N1. The summed E-state index contributed by atoms with van der Waals surface area (Å²) in [5, 5.41) is 7.87. The molecule has 0 N–H and O–H groups in total. The molecule has 1 fully saturated rings. The van der Waals surface area contributed by atoms with E-state index in [9.17, 15) is 18.0 Å². The second-order valence-corrected chi connectivity index (χ2v) is 8.23. The minimum Gasteiger partial charge on any atom is -0.484 e. The zero-order valence-electron chi connectivity index (χ0n) is 16.1. The third-order valence-electron chi connectivity index (χ3n) is 4.80. The lowest BCUT2D eigenvalue weighted by Gasteiger charge is -2.28. The molecular weight excluding hydrogens is 373 g/mol. The number of halogens is 3. The summed E-state index contributed by atoms with van der Waals surface area (Å²) in [7, 11) is 0. The van der Waals surface area contributed by atoms with Gasteiger partial charge in [0, 0.05) is 30.2 Å². The molecule has 0 saturated heterocycles. The number of hydrogen-bond donors (Lipinski definition) is 0. The number of nitrogens with zero attached hydrogens (tertiary/aromatic N) is 4. The van der Waals surface area contributed by atoms with Crippen LogP contribution in [-0.2, 0) is 0 Å². The van der Waals surface area contributed by atoms with Crippen LogP contribution >= 0.6 is 0 Å². The summed E-state index contributed by atoms with van der Waals surface area (Å²) in [5.41, 5.74) is 0.426. The van der Waals surface area contributed by atoms with Crippen LogP contribution in [0.25, 0.3) is 0 Å².